The molecule has 3 aromatic carbocycles. The summed E-state index contributed by atoms with van der Waals surface area (Å²) >= 11 is 0. The van der Waals surface area contributed by atoms with Gasteiger partial charge >= 0.3 is 0 Å². The highest BCUT2D eigenvalue weighted by atomic mass is 16.1. The Morgan fingerprint density at radius 2 is 1.83 bits per heavy atom. The van der Waals surface area contributed by atoms with Gasteiger partial charge in [0.25, 0.3) is 5.91 Å². The van der Waals surface area contributed by atoms with Crippen LogP contribution in [0.1, 0.15) is 52.0 Å². The van der Waals surface area contributed by atoms with Crippen molar-refractivity contribution in [1.82, 2.24) is 10.6 Å². The molecule has 0 aliphatic carbocycles. The Kier molecular flexibility index (Phi) is 5.50. The van der Waals surface area contributed by atoms with Crippen LogP contribution < -0.4 is 10.6 Å². The number of nitrogens with one attached hydrogen (secondary N) is 2. The van der Waals surface area contributed by atoms with Gasteiger partial charge in [0.05, 0.1) is 6.04 Å². The second kappa shape index (κ2) is 8.22. The molecule has 0 bridgehead atoms. The molecule has 1 aliphatic heterocycles. The first kappa shape index (κ1) is 19.4. The fourth-order valence-corrected chi connectivity index (χ4v) is 4.39. The van der Waals surface area contributed by atoms with Gasteiger partial charge in [0.15, 0.2) is 0 Å². The third-order valence-corrected chi connectivity index (χ3v) is 5.95. The molecule has 1 heterocycles. The Labute approximate surface area is 172 Å². The van der Waals surface area contributed by atoms with E-state index in [9.17, 15) is 4.79 Å². The molecule has 1 aliphatic rings. The fraction of sp³-hybridized carbons (Fsp3) is 0.269. The molecule has 1 amide bonds. The largest absolute Gasteiger partial charge is 0.345 e. The maximum absolute atomic E-state index is 13.3. The van der Waals surface area contributed by atoms with E-state index in [0.29, 0.717) is 0 Å². The lowest BCUT2D eigenvalue weighted by molar-refractivity contribution is 0.0939. The molecule has 3 heteroatoms. The van der Waals surface area contributed by atoms with Gasteiger partial charge < -0.3 is 10.6 Å². The van der Waals surface area contributed by atoms with Crippen LogP contribution in [-0.2, 0) is 0 Å². The van der Waals surface area contributed by atoms with Gasteiger partial charge in [-0.05, 0) is 72.3 Å². The Bertz CT molecular complexity index is 1090. The quantitative estimate of drug-likeness (QED) is 0.639. The molecule has 0 saturated carbocycles. The normalized spacial score (nSPS) is 15.1. The third kappa shape index (κ3) is 3.83. The van der Waals surface area contributed by atoms with Crippen LogP contribution in [0.2, 0.25) is 0 Å². The van der Waals surface area contributed by atoms with Crippen LogP contribution in [0, 0.1) is 13.8 Å². The highest BCUT2D eigenvalue weighted by molar-refractivity contribution is 5.99. The zero-order chi connectivity index (χ0) is 20.4. The molecule has 0 aromatic heterocycles. The first-order valence-electron chi connectivity index (χ1n) is 10.3. The summed E-state index contributed by atoms with van der Waals surface area (Å²) in [5.74, 6) is -0.00295. The van der Waals surface area contributed by atoms with Crippen LogP contribution >= 0.6 is 0 Å². The van der Waals surface area contributed by atoms with Crippen molar-refractivity contribution in [3.63, 3.8) is 0 Å². The number of carbonyl (C=O) groups excluding carboxylic acids is 1. The molecule has 0 spiro atoms. The van der Waals surface area contributed by atoms with Crippen LogP contribution in [0.5, 0.6) is 0 Å². The molecule has 2 N–H and O–H groups in total. The second-order valence-electron chi connectivity index (χ2n) is 7.88. The maximum atomic E-state index is 13.3. The van der Waals surface area contributed by atoms with Crippen molar-refractivity contribution < 1.29 is 4.79 Å². The van der Waals surface area contributed by atoms with Crippen molar-refractivity contribution >= 4 is 22.3 Å². The molecular formula is C26H28N2O. The monoisotopic (exact) mass is 384 g/mol. The van der Waals surface area contributed by atoms with Crippen molar-refractivity contribution in [3.8, 4) is 0 Å². The summed E-state index contributed by atoms with van der Waals surface area (Å²) < 4.78 is 0. The van der Waals surface area contributed by atoms with Crippen molar-refractivity contribution in [3.05, 3.63) is 88.5 Å². The number of hydrogen-bond donors (Lipinski definition) is 2. The fourth-order valence-electron chi connectivity index (χ4n) is 4.39. The topological polar surface area (TPSA) is 41.1 Å². The second-order valence-corrected chi connectivity index (χ2v) is 7.88. The summed E-state index contributed by atoms with van der Waals surface area (Å²) in [6, 6.07) is 18.7. The van der Waals surface area contributed by atoms with Crippen LogP contribution in [-0.4, -0.2) is 19.0 Å². The molecular weight excluding hydrogens is 356 g/mol. The van der Waals surface area contributed by atoms with E-state index in [-0.39, 0.29) is 11.9 Å². The SMILES string of the molecule is Cc1ccc(C2=CCNCC2)c(C)c1C(=O)NC(C)c1cccc2ccccc12. The van der Waals surface area contributed by atoms with Crippen molar-refractivity contribution in [2.45, 2.75) is 33.2 Å². The van der Waals surface area contributed by atoms with Gasteiger partial charge in [0, 0.05) is 12.1 Å². The van der Waals surface area contributed by atoms with Gasteiger partial charge in [-0.15, -0.1) is 0 Å². The maximum Gasteiger partial charge on any atom is 0.252 e. The third-order valence-electron chi connectivity index (χ3n) is 5.95. The molecule has 3 aromatic rings. The average molecular weight is 385 g/mol. The van der Waals surface area contributed by atoms with E-state index >= 15 is 0 Å². The van der Waals surface area contributed by atoms with E-state index in [2.05, 4.69) is 73.0 Å². The van der Waals surface area contributed by atoms with Crippen LogP contribution in [0.3, 0.4) is 0 Å². The minimum atomic E-state index is -0.0749. The van der Waals surface area contributed by atoms with Crippen LogP contribution in [0.4, 0.5) is 0 Å². The van der Waals surface area contributed by atoms with Crippen molar-refractivity contribution in [1.29, 1.82) is 0 Å². The van der Waals surface area contributed by atoms with E-state index in [1.54, 1.807) is 0 Å². The van der Waals surface area contributed by atoms with E-state index in [1.165, 1.54) is 21.9 Å². The Morgan fingerprint density at radius 3 is 2.62 bits per heavy atom. The molecule has 0 radical (unpaired) electrons. The summed E-state index contributed by atoms with van der Waals surface area (Å²) in [5, 5.41) is 8.98. The molecule has 1 atom stereocenters. The van der Waals surface area contributed by atoms with Crippen molar-refractivity contribution in [2.24, 2.45) is 0 Å². The van der Waals surface area contributed by atoms with Crippen LogP contribution in [0.15, 0.2) is 60.7 Å². The zero-order valence-electron chi connectivity index (χ0n) is 17.4. The van der Waals surface area contributed by atoms with E-state index in [0.717, 1.165) is 41.8 Å². The highest BCUT2D eigenvalue weighted by Crippen LogP contribution is 2.29. The van der Waals surface area contributed by atoms with Gasteiger partial charge in [-0.2, -0.15) is 0 Å². The summed E-state index contributed by atoms with van der Waals surface area (Å²) in [7, 11) is 0. The van der Waals surface area contributed by atoms with E-state index < -0.39 is 0 Å². The Morgan fingerprint density at radius 1 is 1.03 bits per heavy atom. The zero-order valence-corrected chi connectivity index (χ0v) is 17.4. The number of aryl methyl sites for hydroxylation is 1. The number of rotatable bonds is 4. The summed E-state index contributed by atoms with van der Waals surface area (Å²) in [4.78, 5) is 13.3. The summed E-state index contributed by atoms with van der Waals surface area (Å²) in [6.45, 7) is 8.03. The minimum absolute atomic E-state index is 0.00295. The van der Waals surface area contributed by atoms with Gasteiger partial charge in [-0.25, -0.2) is 0 Å². The first-order chi connectivity index (χ1) is 14.1. The number of fused-ring (bicyclic) bond motifs is 1. The first-order valence-corrected chi connectivity index (χ1v) is 10.3. The summed E-state index contributed by atoms with van der Waals surface area (Å²) in [6.07, 6.45) is 3.24. The minimum Gasteiger partial charge on any atom is -0.345 e. The Hall–Kier alpha value is -2.91. The summed E-state index contributed by atoms with van der Waals surface area (Å²) in [5.41, 5.74) is 6.56. The van der Waals surface area contributed by atoms with Gasteiger partial charge in [0.2, 0.25) is 0 Å². The molecule has 29 heavy (non-hydrogen) atoms. The molecule has 0 saturated heterocycles. The predicted octanol–water partition coefficient (Wildman–Crippen LogP) is 5.32. The van der Waals surface area contributed by atoms with Gasteiger partial charge in [-0.1, -0.05) is 60.7 Å². The van der Waals surface area contributed by atoms with E-state index in [1.807, 2.05) is 19.1 Å². The number of amides is 1. The smallest absolute Gasteiger partial charge is 0.252 e. The number of benzene rings is 3. The molecule has 1 unspecified atom stereocenters. The van der Waals surface area contributed by atoms with E-state index in [4.69, 9.17) is 0 Å². The van der Waals surface area contributed by atoms with Crippen molar-refractivity contribution in [2.75, 3.05) is 13.1 Å². The van der Waals surface area contributed by atoms with Gasteiger partial charge in [-0.3, -0.25) is 4.79 Å². The lowest BCUT2D eigenvalue weighted by Gasteiger charge is -2.21. The Balaban J connectivity index is 1.65. The average Bonchev–Trinajstić information content (AvgIpc) is 2.74. The predicted molar refractivity (Wildman–Crippen MR) is 121 cm³/mol. The molecule has 3 nitrogen and oxygen atoms in total. The molecule has 4 rings (SSSR count). The van der Waals surface area contributed by atoms with Gasteiger partial charge in [0.1, 0.15) is 0 Å². The lowest BCUT2D eigenvalue weighted by Crippen LogP contribution is -2.28. The standard InChI is InChI=1S/C26H28N2O/c1-17-11-12-22(21-13-15-27-16-14-21)18(2)25(17)26(29)28-19(3)23-10-6-8-20-7-4-5-9-24(20)23/h4-13,19,27H,14-16H2,1-3H3,(H,28,29). The lowest BCUT2D eigenvalue weighted by atomic mass is 9.90. The number of hydrogen-bond acceptors (Lipinski definition) is 2. The highest BCUT2D eigenvalue weighted by Gasteiger charge is 2.20. The molecule has 148 valence electrons. The molecule has 0 fully saturated rings. The van der Waals surface area contributed by atoms with Crippen LogP contribution in [0.25, 0.3) is 16.3 Å². The number of carbonyl (C=O) groups is 1.